The number of esters is 1. The number of ether oxygens (including phenoxy) is 3. The van der Waals surface area contributed by atoms with Gasteiger partial charge in [-0.25, -0.2) is 4.79 Å². The van der Waals surface area contributed by atoms with E-state index >= 15 is 0 Å². The van der Waals surface area contributed by atoms with Crippen molar-refractivity contribution in [2.24, 2.45) is 0 Å². The van der Waals surface area contributed by atoms with Crippen LogP contribution in [0.2, 0.25) is 0 Å². The van der Waals surface area contributed by atoms with E-state index in [0.717, 1.165) is 12.0 Å². The number of nitrogens with one attached hydrogen (secondary N) is 1. The molecule has 0 radical (unpaired) electrons. The van der Waals surface area contributed by atoms with Crippen molar-refractivity contribution in [2.45, 2.75) is 38.9 Å². The number of amides is 1. The quantitative estimate of drug-likeness (QED) is 0.756. The van der Waals surface area contributed by atoms with Crippen LogP contribution in [0.15, 0.2) is 42.5 Å². The number of hydrogen-bond acceptors (Lipinski definition) is 6. The molecule has 0 aliphatic carbocycles. The molecule has 2 aromatic carbocycles. The van der Waals surface area contributed by atoms with Crippen LogP contribution in [0, 0.1) is 11.3 Å². The van der Waals surface area contributed by atoms with Crippen LogP contribution >= 0.6 is 0 Å². The van der Waals surface area contributed by atoms with Gasteiger partial charge in [0.1, 0.15) is 5.60 Å². The molecular weight excluding hydrogens is 372 g/mol. The summed E-state index contributed by atoms with van der Waals surface area (Å²) in [6.45, 7) is 5.11. The third-order valence-corrected chi connectivity index (χ3v) is 4.36. The Hall–Kier alpha value is -3.53. The second kappa shape index (κ2) is 8.23. The summed E-state index contributed by atoms with van der Waals surface area (Å²) < 4.78 is 16.6. The normalized spacial score (nSPS) is 14.7. The minimum atomic E-state index is -1.00. The standard InChI is InChI=1S/C22H22N2O5/c1-14(21(26)24-17-9-7-15(12-23)8-10-17)28-19(25)13-27-18-6-4-5-16-11-22(2,3)29-20(16)18/h4-10,14H,11,13H2,1-3H3,(H,24,26)/t14-/m1/s1. The minimum absolute atomic E-state index is 0.319. The Balaban J connectivity index is 1.51. The first-order valence-electron chi connectivity index (χ1n) is 9.21. The highest BCUT2D eigenvalue weighted by molar-refractivity contribution is 5.95. The van der Waals surface area contributed by atoms with Gasteiger partial charge in [-0.1, -0.05) is 12.1 Å². The van der Waals surface area contributed by atoms with Crippen molar-refractivity contribution in [2.75, 3.05) is 11.9 Å². The Morgan fingerprint density at radius 2 is 1.97 bits per heavy atom. The minimum Gasteiger partial charge on any atom is -0.483 e. The van der Waals surface area contributed by atoms with Gasteiger partial charge in [-0.3, -0.25) is 4.79 Å². The molecule has 3 rings (SSSR count). The molecule has 0 fully saturated rings. The van der Waals surface area contributed by atoms with E-state index in [1.54, 1.807) is 30.3 Å². The molecule has 0 saturated heterocycles. The predicted octanol–water partition coefficient (Wildman–Crippen LogP) is 3.22. The monoisotopic (exact) mass is 394 g/mol. The molecule has 1 heterocycles. The second-order valence-corrected chi connectivity index (χ2v) is 7.38. The van der Waals surface area contributed by atoms with Gasteiger partial charge in [0.05, 0.1) is 11.6 Å². The summed E-state index contributed by atoms with van der Waals surface area (Å²) in [5.74, 6) is -0.0345. The van der Waals surface area contributed by atoms with E-state index in [1.165, 1.54) is 6.92 Å². The highest BCUT2D eigenvalue weighted by atomic mass is 16.6. The molecular formula is C22H22N2O5. The lowest BCUT2D eigenvalue weighted by Gasteiger charge is -2.18. The van der Waals surface area contributed by atoms with Gasteiger partial charge in [0.15, 0.2) is 24.2 Å². The van der Waals surface area contributed by atoms with Gasteiger partial charge in [0, 0.05) is 17.7 Å². The maximum absolute atomic E-state index is 12.2. The molecule has 29 heavy (non-hydrogen) atoms. The van der Waals surface area contributed by atoms with E-state index in [2.05, 4.69) is 5.32 Å². The summed E-state index contributed by atoms with van der Waals surface area (Å²) in [6, 6.07) is 13.9. The zero-order valence-electron chi connectivity index (χ0n) is 16.5. The Bertz CT molecular complexity index is 960. The largest absolute Gasteiger partial charge is 0.483 e. The fraction of sp³-hybridized carbons (Fsp3) is 0.318. The summed E-state index contributed by atoms with van der Waals surface area (Å²) in [7, 11) is 0. The van der Waals surface area contributed by atoms with Crippen molar-refractivity contribution in [1.82, 2.24) is 0 Å². The number of fused-ring (bicyclic) bond motifs is 1. The van der Waals surface area contributed by atoms with Crippen LogP contribution in [0.1, 0.15) is 31.9 Å². The Morgan fingerprint density at radius 3 is 2.66 bits per heavy atom. The van der Waals surface area contributed by atoms with E-state index in [0.29, 0.717) is 22.7 Å². The maximum atomic E-state index is 12.2. The van der Waals surface area contributed by atoms with Crippen LogP contribution in [-0.2, 0) is 20.7 Å². The van der Waals surface area contributed by atoms with Crippen LogP contribution in [0.3, 0.4) is 0 Å². The molecule has 1 amide bonds. The summed E-state index contributed by atoms with van der Waals surface area (Å²) in [6.07, 6.45) is -0.241. The summed E-state index contributed by atoms with van der Waals surface area (Å²) in [4.78, 5) is 24.3. The molecule has 1 aliphatic rings. The molecule has 2 aromatic rings. The number of anilines is 1. The summed E-state index contributed by atoms with van der Waals surface area (Å²) in [5, 5.41) is 11.4. The number of hydrogen-bond donors (Lipinski definition) is 1. The van der Waals surface area contributed by atoms with Gasteiger partial charge < -0.3 is 19.5 Å². The van der Waals surface area contributed by atoms with E-state index in [9.17, 15) is 9.59 Å². The van der Waals surface area contributed by atoms with Gasteiger partial charge in [-0.15, -0.1) is 0 Å². The molecule has 1 atom stereocenters. The molecule has 0 unspecified atom stereocenters. The lowest BCUT2D eigenvalue weighted by atomic mass is 10.0. The van der Waals surface area contributed by atoms with Gasteiger partial charge in [0.25, 0.3) is 5.91 Å². The lowest BCUT2D eigenvalue weighted by Crippen LogP contribution is -2.31. The first-order chi connectivity index (χ1) is 13.8. The predicted molar refractivity (Wildman–Crippen MR) is 106 cm³/mol. The fourth-order valence-corrected chi connectivity index (χ4v) is 2.99. The molecule has 1 aliphatic heterocycles. The van der Waals surface area contributed by atoms with Gasteiger partial charge >= 0.3 is 5.97 Å². The van der Waals surface area contributed by atoms with E-state index in [-0.39, 0.29) is 12.2 Å². The first-order valence-corrected chi connectivity index (χ1v) is 9.21. The zero-order valence-corrected chi connectivity index (χ0v) is 16.5. The number of benzene rings is 2. The zero-order chi connectivity index (χ0) is 21.0. The lowest BCUT2D eigenvalue weighted by molar-refractivity contribution is -0.155. The third kappa shape index (κ3) is 5.05. The highest BCUT2D eigenvalue weighted by Gasteiger charge is 2.32. The SMILES string of the molecule is C[C@@H](OC(=O)COc1cccc2c1OC(C)(C)C2)C(=O)Nc1ccc(C#N)cc1. The molecule has 0 bridgehead atoms. The average Bonchev–Trinajstić information content (AvgIpc) is 3.01. The number of carbonyl (C=O) groups excluding carboxylic acids is 2. The van der Waals surface area contributed by atoms with Crippen LogP contribution in [0.5, 0.6) is 11.5 Å². The van der Waals surface area contributed by atoms with E-state index in [4.69, 9.17) is 19.5 Å². The maximum Gasteiger partial charge on any atom is 0.344 e. The van der Waals surface area contributed by atoms with Gasteiger partial charge in [0.2, 0.25) is 0 Å². The number of rotatable bonds is 6. The Kier molecular flexibility index (Phi) is 5.74. The third-order valence-electron chi connectivity index (χ3n) is 4.36. The van der Waals surface area contributed by atoms with E-state index in [1.807, 2.05) is 32.0 Å². The fourth-order valence-electron chi connectivity index (χ4n) is 2.99. The highest BCUT2D eigenvalue weighted by Crippen LogP contribution is 2.41. The molecule has 0 aromatic heterocycles. The van der Waals surface area contributed by atoms with Gasteiger partial charge in [-0.2, -0.15) is 5.26 Å². The van der Waals surface area contributed by atoms with Crippen molar-refractivity contribution in [3.63, 3.8) is 0 Å². The number of nitriles is 1. The van der Waals surface area contributed by atoms with Crippen molar-refractivity contribution in [3.8, 4) is 17.6 Å². The average molecular weight is 394 g/mol. The van der Waals surface area contributed by atoms with Crippen molar-refractivity contribution < 1.29 is 23.8 Å². The number of para-hydroxylation sites is 1. The first kappa shape index (κ1) is 20.2. The van der Waals surface area contributed by atoms with Crippen molar-refractivity contribution >= 4 is 17.6 Å². The summed E-state index contributed by atoms with van der Waals surface area (Å²) in [5.41, 5.74) is 1.70. The van der Waals surface area contributed by atoms with Gasteiger partial charge in [-0.05, 0) is 51.1 Å². The van der Waals surface area contributed by atoms with Crippen molar-refractivity contribution in [1.29, 1.82) is 5.26 Å². The molecule has 1 N–H and O–H groups in total. The van der Waals surface area contributed by atoms with Crippen LogP contribution in [0.25, 0.3) is 0 Å². The van der Waals surface area contributed by atoms with Crippen LogP contribution < -0.4 is 14.8 Å². The Labute approximate surface area is 169 Å². The molecule has 7 nitrogen and oxygen atoms in total. The van der Waals surface area contributed by atoms with E-state index < -0.39 is 18.0 Å². The molecule has 150 valence electrons. The molecule has 0 spiro atoms. The van der Waals surface area contributed by atoms with Crippen molar-refractivity contribution in [3.05, 3.63) is 53.6 Å². The van der Waals surface area contributed by atoms with Crippen LogP contribution in [0.4, 0.5) is 5.69 Å². The molecule has 0 saturated carbocycles. The smallest absolute Gasteiger partial charge is 0.344 e. The second-order valence-electron chi connectivity index (χ2n) is 7.38. The number of nitrogens with zero attached hydrogens (tertiary/aromatic N) is 1. The van der Waals surface area contributed by atoms with Crippen LogP contribution in [-0.4, -0.2) is 30.2 Å². The molecule has 7 heteroatoms. The number of carbonyl (C=O) groups is 2. The Morgan fingerprint density at radius 1 is 1.24 bits per heavy atom. The topological polar surface area (TPSA) is 97.7 Å². The summed E-state index contributed by atoms with van der Waals surface area (Å²) >= 11 is 0.